The number of nitrogens with one attached hydrogen (secondary N) is 3. The maximum atomic E-state index is 14.2. The van der Waals surface area contributed by atoms with Crippen LogP contribution in [0.15, 0.2) is 29.3 Å². The Morgan fingerprint density at radius 1 is 0.904 bits per heavy atom. The van der Waals surface area contributed by atoms with Crippen LogP contribution in [-0.4, -0.2) is 72.1 Å². The zero-order chi connectivity index (χ0) is 38.7. The summed E-state index contributed by atoms with van der Waals surface area (Å²) in [4.78, 5) is 54.1. The number of amidine groups is 1. The first kappa shape index (κ1) is 43.8. The van der Waals surface area contributed by atoms with Crippen LogP contribution in [0.4, 0.5) is 13.2 Å². The normalized spacial score (nSPS) is 16.9. The van der Waals surface area contributed by atoms with E-state index in [1.165, 1.54) is 6.42 Å². The molecule has 0 heterocycles. The van der Waals surface area contributed by atoms with Crippen LogP contribution in [0, 0.1) is 23.2 Å². The van der Waals surface area contributed by atoms with Gasteiger partial charge in [-0.15, -0.1) is 0 Å². The van der Waals surface area contributed by atoms with E-state index in [1.54, 1.807) is 0 Å². The highest BCUT2D eigenvalue weighted by Crippen LogP contribution is 2.33. The number of amides is 2. The monoisotopic (exact) mass is 739 g/mol. The second-order valence-electron chi connectivity index (χ2n) is 13.5. The summed E-state index contributed by atoms with van der Waals surface area (Å²) in [5, 5.41) is 21.0. The number of benzene rings is 1. The number of carboxylic acids is 1. The van der Waals surface area contributed by atoms with Gasteiger partial charge in [0.25, 0.3) is 0 Å². The first-order valence-corrected chi connectivity index (χ1v) is 18.2. The summed E-state index contributed by atoms with van der Waals surface area (Å²) < 4.78 is 37.2. The van der Waals surface area contributed by atoms with Gasteiger partial charge < -0.3 is 37.7 Å². The van der Waals surface area contributed by atoms with Gasteiger partial charge in [-0.3, -0.25) is 20.0 Å². The molecule has 2 amide bonds. The van der Waals surface area contributed by atoms with Gasteiger partial charge in [0.2, 0.25) is 11.8 Å². The second kappa shape index (κ2) is 22.5. The molecule has 3 atom stereocenters. The molecule has 16 heteroatoms. The van der Waals surface area contributed by atoms with Crippen molar-refractivity contribution in [2.24, 2.45) is 39.9 Å². The fraction of sp³-hybridized carbons (Fsp3) is 0.667. The molecule has 0 saturated heterocycles. The molecule has 2 saturated carbocycles. The number of carbonyl (C=O) groups excluding carboxylic acids is 3. The minimum Gasteiger partial charge on any atom is -0.475 e. The molecule has 1 aromatic rings. The number of hydrogen-bond donors (Lipinski definition) is 7. The predicted molar refractivity (Wildman–Crippen MR) is 191 cm³/mol. The van der Waals surface area contributed by atoms with Gasteiger partial charge in [0.05, 0.1) is 6.61 Å². The molecule has 0 spiro atoms. The minimum atomic E-state index is -5.08. The predicted octanol–water partition coefficient (Wildman–Crippen LogP) is 4.29. The number of carbonyl (C=O) groups is 4. The maximum absolute atomic E-state index is 14.2. The van der Waals surface area contributed by atoms with E-state index < -0.39 is 30.2 Å². The summed E-state index contributed by atoms with van der Waals surface area (Å²) in [5.74, 6) is -3.79. The Morgan fingerprint density at radius 3 is 1.96 bits per heavy atom. The van der Waals surface area contributed by atoms with Crippen LogP contribution < -0.4 is 27.8 Å². The summed E-state index contributed by atoms with van der Waals surface area (Å²) in [6, 6.07) is 5.90. The largest absolute Gasteiger partial charge is 0.490 e. The molecule has 0 radical (unpaired) electrons. The van der Waals surface area contributed by atoms with E-state index in [1.807, 2.05) is 31.2 Å². The third kappa shape index (κ3) is 15.9. The third-order valence-corrected chi connectivity index (χ3v) is 9.51. The number of nitrogens with two attached hydrogens (primary N) is 3. The molecule has 1 unspecified atom stereocenters. The summed E-state index contributed by atoms with van der Waals surface area (Å²) in [5.41, 5.74) is 18.2. The van der Waals surface area contributed by atoms with Crippen molar-refractivity contribution in [3.63, 3.8) is 0 Å². The van der Waals surface area contributed by atoms with Crippen LogP contribution in [-0.2, 0) is 30.3 Å². The van der Waals surface area contributed by atoms with E-state index in [0.29, 0.717) is 31.4 Å². The second-order valence-corrected chi connectivity index (χ2v) is 13.5. The molecular weight excluding hydrogens is 683 g/mol. The highest BCUT2D eigenvalue weighted by Gasteiger charge is 2.39. The Kier molecular flexibility index (Phi) is 19.0. The van der Waals surface area contributed by atoms with E-state index in [9.17, 15) is 27.6 Å². The molecule has 0 aromatic heterocycles. The number of esters is 1. The lowest BCUT2D eigenvalue weighted by Crippen LogP contribution is -2.56. The molecule has 13 nitrogen and oxygen atoms in total. The van der Waals surface area contributed by atoms with Crippen molar-refractivity contribution < 1.29 is 42.2 Å². The van der Waals surface area contributed by atoms with Crippen LogP contribution in [0.25, 0.3) is 0 Å². The van der Waals surface area contributed by atoms with E-state index in [4.69, 9.17) is 37.2 Å². The molecule has 2 aliphatic rings. The average Bonchev–Trinajstić information content (AvgIpc) is 3.11. The van der Waals surface area contributed by atoms with Gasteiger partial charge in [-0.05, 0) is 68.8 Å². The number of rotatable bonds is 17. The summed E-state index contributed by atoms with van der Waals surface area (Å²) in [6.45, 7) is 2.63. The highest BCUT2D eigenvalue weighted by atomic mass is 19.4. The maximum Gasteiger partial charge on any atom is 0.490 e. The van der Waals surface area contributed by atoms with E-state index in [-0.39, 0.29) is 48.0 Å². The Morgan fingerprint density at radius 2 is 1.46 bits per heavy atom. The van der Waals surface area contributed by atoms with Crippen molar-refractivity contribution >= 4 is 35.5 Å². The molecule has 52 heavy (non-hydrogen) atoms. The SMILES string of the molecule is CCCCOC(=O)[C@H](CCCN=C(N)N)NC(=O)[C@@H](NC(=O)C(Cc1ccc(C(=N)N)cc1)C1CCCCC1)C1CCCCC1.O=C(O)C(F)(F)F. The number of carboxylic acid groups (broad SMARTS) is 1. The first-order valence-electron chi connectivity index (χ1n) is 18.2. The van der Waals surface area contributed by atoms with Crippen molar-refractivity contribution in [2.75, 3.05) is 13.2 Å². The van der Waals surface area contributed by atoms with Gasteiger partial charge in [0.15, 0.2) is 5.96 Å². The van der Waals surface area contributed by atoms with E-state index >= 15 is 0 Å². The lowest BCUT2D eigenvalue weighted by molar-refractivity contribution is -0.192. The Labute approximate surface area is 303 Å². The molecule has 2 fully saturated rings. The molecule has 0 aliphatic heterocycles. The third-order valence-electron chi connectivity index (χ3n) is 9.51. The number of nitrogen functional groups attached to an aromatic ring is 1. The zero-order valence-electron chi connectivity index (χ0n) is 30.0. The number of alkyl halides is 3. The van der Waals surface area contributed by atoms with Crippen molar-refractivity contribution in [1.82, 2.24) is 10.6 Å². The fourth-order valence-corrected chi connectivity index (χ4v) is 6.64. The van der Waals surface area contributed by atoms with Gasteiger partial charge in [-0.25, -0.2) is 9.59 Å². The molecular formula is C36H56F3N7O6. The molecule has 3 rings (SSSR count). The number of aliphatic imine (C=N–C) groups is 1. The summed E-state index contributed by atoms with van der Waals surface area (Å²) >= 11 is 0. The van der Waals surface area contributed by atoms with Crippen molar-refractivity contribution in [3.8, 4) is 0 Å². The average molecular weight is 740 g/mol. The van der Waals surface area contributed by atoms with Crippen molar-refractivity contribution in [2.45, 2.75) is 121 Å². The van der Waals surface area contributed by atoms with Crippen LogP contribution in [0.2, 0.25) is 0 Å². The number of aliphatic carboxylic acids is 1. The Balaban J connectivity index is 0.00000121. The van der Waals surface area contributed by atoms with Crippen molar-refractivity contribution in [1.29, 1.82) is 5.41 Å². The van der Waals surface area contributed by atoms with Gasteiger partial charge >= 0.3 is 18.1 Å². The lowest BCUT2D eigenvalue weighted by atomic mass is 9.76. The summed E-state index contributed by atoms with van der Waals surface area (Å²) in [6.07, 6.45) is 7.98. The van der Waals surface area contributed by atoms with Gasteiger partial charge in [-0.1, -0.05) is 76.1 Å². The first-order chi connectivity index (χ1) is 24.6. The smallest absolute Gasteiger partial charge is 0.475 e. The fourth-order valence-electron chi connectivity index (χ4n) is 6.64. The highest BCUT2D eigenvalue weighted by molar-refractivity contribution is 5.95. The number of nitrogens with zero attached hydrogens (tertiary/aromatic N) is 1. The van der Waals surface area contributed by atoms with Gasteiger partial charge in [0, 0.05) is 18.0 Å². The molecule has 1 aromatic carbocycles. The van der Waals surface area contributed by atoms with Crippen LogP contribution >= 0.6 is 0 Å². The molecule has 292 valence electrons. The standard InChI is InChI=1S/C34H55N7O4.C2HF3O2/c1-2-3-21-45-33(44)28(15-10-20-39-34(37)38)40-32(43)29(25-13-8-5-9-14-25)41-31(42)27(24-11-6-4-7-12-24)22-23-16-18-26(19-17-23)30(35)36;3-2(4,5)1(6)7/h16-19,24-25,27-29H,2-15,20-22H2,1H3,(H3,35,36)(H,40,43)(H,41,42)(H4,37,38,39);(H,6,7)/t27?,28-,29-;/m0./s1. The van der Waals surface area contributed by atoms with E-state index in [2.05, 4.69) is 15.6 Å². The number of hydrogen-bond acceptors (Lipinski definition) is 7. The van der Waals surface area contributed by atoms with Crippen LogP contribution in [0.1, 0.15) is 108 Å². The molecule has 10 N–H and O–H groups in total. The zero-order valence-corrected chi connectivity index (χ0v) is 30.0. The van der Waals surface area contributed by atoms with E-state index in [0.717, 1.165) is 76.2 Å². The van der Waals surface area contributed by atoms with Gasteiger partial charge in [-0.2, -0.15) is 13.2 Å². The number of halogens is 3. The minimum absolute atomic E-state index is 0.00764. The van der Waals surface area contributed by atoms with Crippen molar-refractivity contribution in [3.05, 3.63) is 35.4 Å². The number of guanidine groups is 1. The Bertz CT molecular complexity index is 1330. The summed E-state index contributed by atoms with van der Waals surface area (Å²) in [7, 11) is 0. The van der Waals surface area contributed by atoms with Gasteiger partial charge in [0.1, 0.15) is 17.9 Å². The van der Waals surface area contributed by atoms with Crippen LogP contribution in [0.3, 0.4) is 0 Å². The Hall–Kier alpha value is -4.37. The van der Waals surface area contributed by atoms with Crippen LogP contribution in [0.5, 0.6) is 0 Å². The topological polar surface area (TPSA) is 236 Å². The number of ether oxygens (including phenoxy) is 1. The molecule has 2 aliphatic carbocycles. The lowest BCUT2D eigenvalue weighted by Gasteiger charge is -2.34. The number of unbranched alkanes of at least 4 members (excludes halogenated alkanes) is 1. The quantitative estimate of drug-likeness (QED) is 0.0522. The molecule has 0 bridgehead atoms.